The van der Waals surface area contributed by atoms with Gasteiger partial charge in [0.15, 0.2) is 0 Å². The van der Waals surface area contributed by atoms with Crippen LogP contribution < -0.4 is 11.1 Å². The van der Waals surface area contributed by atoms with Crippen molar-refractivity contribution in [2.24, 2.45) is 17.6 Å². The summed E-state index contributed by atoms with van der Waals surface area (Å²) in [6.07, 6.45) is 2.92. The minimum atomic E-state index is -0.749. The van der Waals surface area contributed by atoms with Gasteiger partial charge >= 0.3 is 5.97 Å². The highest BCUT2D eigenvalue weighted by atomic mass is 16.4. The van der Waals surface area contributed by atoms with Gasteiger partial charge in [-0.05, 0) is 38.3 Å². The molecule has 0 radical (unpaired) electrons. The first-order valence-electron chi connectivity index (χ1n) is 4.87. The lowest BCUT2D eigenvalue weighted by Crippen LogP contribution is -2.32. The fourth-order valence-corrected chi connectivity index (χ4v) is 1.82. The predicted octanol–water partition coefficient (Wildman–Crippen LogP) is 0.0356. The summed E-state index contributed by atoms with van der Waals surface area (Å²) >= 11 is 0. The summed E-state index contributed by atoms with van der Waals surface area (Å²) in [7, 11) is 0. The molecule has 0 bridgehead atoms. The van der Waals surface area contributed by atoms with Crippen LogP contribution in [0.25, 0.3) is 0 Å². The maximum Gasteiger partial charge on any atom is 0.307 e. The predicted molar refractivity (Wildman–Crippen MR) is 50.4 cm³/mol. The molecule has 0 saturated carbocycles. The minimum absolute atomic E-state index is 0.263. The number of hydrogen-bond donors (Lipinski definition) is 3. The molecule has 1 unspecified atom stereocenters. The second-order valence-corrected chi connectivity index (χ2v) is 3.70. The van der Waals surface area contributed by atoms with Crippen molar-refractivity contribution >= 4 is 5.97 Å². The van der Waals surface area contributed by atoms with Crippen LogP contribution in [0.2, 0.25) is 0 Å². The molecule has 4 nitrogen and oxygen atoms in total. The topological polar surface area (TPSA) is 75.3 Å². The molecule has 0 aromatic carbocycles. The largest absolute Gasteiger partial charge is 0.481 e. The third-order valence-electron chi connectivity index (χ3n) is 2.71. The maximum atomic E-state index is 10.7. The van der Waals surface area contributed by atoms with Crippen LogP contribution in [-0.4, -0.2) is 30.7 Å². The molecule has 0 aromatic heterocycles. The third-order valence-corrected chi connectivity index (χ3v) is 2.71. The van der Waals surface area contributed by atoms with Gasteiger partial charge in [0.1, 0.15) is 0 Å². The number of piperidine rings is 1. The average molecular weight is 186 g/mol. The number of carboxylic acid groups (broad SMARTS) is 1. The molecule has 4 heteroatoms. The third kappa shape index (κ3) is 3.32. The Labute approximate surface area is 78.5 Å². The van der Waals surface area contributed by atoms with Crippen molar-refractivity contribution in [2.45, 2.75) is 19.3 Å². The molecule has 1 rings (SSSR count). The van der Waals surface area contributed by atoms with E-state index in [1.165, 1.54) is 0 Å². The van der Waals surface area contributed by atoms with E-state index in [0.29, 0.717) is 5.92 Å². The smallest absolute Gasteiger partial charge is 0.307 e. The summed E-state index contributed by atoms with van der Waals surface area (Å²) < 4.78 is 0. The number of nitrogens with one attached hydrogen (secondary N) is 1. The SMILES string of the molecule is NCC(CC1CCNCC1)C(=O)O. The van der Waals surface area contributed by atoms with Gasteiger partial charge in [-0.15, -0.1) is 0 Å². The fourth-order valence-electron chi connectivity index (χ4n) is 1.82. The molecule has 0 aromatic rings. The molecule has 0 aliphatic carbocycles. The Balaban J connectivity index is 2.31. The van der Waals surface area contributed by atoms with Crippen LogP contribution in [0, 0.1) is 11.8 Å². The molecule has 1 aliphatic heterocycles. The van der Waals surface area contributed by atoms with Gasteiger partial charge in [0, 0.05) is 6.54 Å². The van der Waals surface area contributed by atoms with Crippen molar-refractivity contribution in [3.05, 3.63) is 0 Å². The van der Waals surface area contributed by atoms with Crippen molar-refractivity contribution < 1.29 is 9.90 Å². The lowest BCUT2D eigenvalue weighted by Gasteiger charge is -2.24. The van der Waals surface area contributed by atoms with E-state index in [4.69, 9.17) is 10.8 Å². The van der Waals surface area contributed by atoms with Gasteiger partial charge < -0.3 is 16.2 Å². The minimum Gasteiger partial charge on any atom is -0.481 e. The first-order valence-corrected chi connectivity index (χ1v) is 4.87. The summed E-state index contributed by atoms with van der Waals surface area (Å²) in [5.41, 5.74) is 5.39. The maximum absolute atomic E-state index is 10.7. The number of nitrogens with two attached hydrogens (primary N) is 1. The van der Waals surface area contributed by atoms with Crippen molar-refractivity contribution in [1.29, 1.82) is 0 Å². The number of aliphatic carboxylic acids is 1. The van der Waals surface area contributed by atoms with Gasteiger partial charge in [0.25, 0.3) is 0 Å². The zero-order chi connectivity index (χ0) is 9.68. The van der Waals surface area contributed by atoms with Crippen molar-refractivity contribution in [3.63, 3.8) is 0 Å². The lowest BCUT2D eigenvalue weighted by molar-refractivity contribution is -0.142. The van der Waals surface area contributed by atoms with Gasteiger partial charge in [0.2, 0.25) is 0 Å². The van der Waals surface area contributed by atoms with Crippen molar-refractivity contribution in [3.8, 4) is 0 Å². The monoisotopic (exact) mass is 186 g/mol. The molecule has 1 fully saturated rings. The molecule has 76 valence electrons. The van der Waals surface area contributed by atoms with Crippen LogP contribution in [0.4, 0.5) is 0 Å². The van der Waals surface area contributed by atoms with Gasteiger partial charge in [-0.1, -0.05) is 0 Å². The summed E-state index contributed by atoms with van der Waals surface area (Å²) in [6.45, 7) is 2.29. The van der Waals surface area contributed by atoms with Crippen molar-refractivity contribution in [2.75, 3.05) is 19.6 Å². The first kappa shape index (κ1) is 10.5. The number of hydrogen-bond acceptors (Lipinski definition) is 3. The molecule has 1 aliphatic rings. The number of rotatable bonds is 4. The Kier molecular flexibility index (Phi) is 4.18. The lowest BCUT2D eigenvalue weighted by atomic mass is 9.88. The zero-order valence-corrected chi connectivity index (χ0v) is 7.83. The molecule has 4 N–H and O–H groups in total. The second-order valence-electron chi connectivity index (χ2n) is 3.70. The first-order chi connectivity index (χ1) is 6.24. The highest BCUT2D eigenvalue weighted by molar-refractivity contribution is 5.70. The Morgan fingerprint density at radius 3 is 2.62 bits per heavy atom. The van der Waals surface area contributed by atoms with Gasteiger partial charge in [0.05, 0.1) is 5.92 Å². The zero-order valence-electron chi connectivity index (χ0n) is 7.83. The molecular weight excluding hydrogens is 168 g/mol. The van der Waals surface area contributed by atoms with E-state index in [9.17, 15) is 4.79 Å². The molecule has 1 saturated heterocycles. The Morgan fingerprint density at radius 2 is 2.15 bits per heavy atom. The molecule has 1 heterocycles. The highest BCUT2D eigenvalue weighted by Crippen LogP contribution is 2.20. The van der Waals surface area contributed by atoms with Crippen LogP contribution in [0.1, 0.15) is 19.3 Å². The molecule has 0 amide bonds. The summed E-state index contributed by atoms with van der Waals surface area (Å²) in [5.74, 6) is -0.546. The number of carbonyl (C=O) groups is 1. The van der Waals surface area contributed by atoms with Gasteiger partial charge in [-0.25, -0.2) is 0 Å². The average Bonchev–Trinajstić information content (AvgIpc) is 2.15. The Morgan fingerprint density at radius 1 is 1.54 bits per heavy atom. The van der Waals surface area contributed by atoms with Crippen LogP contribution >= 0.6 is 0 Å². The Bertz CT molecular complexity index is 167. The molecule has 0 spiro atoms. The standard InChI is InChI=1S/C9H18N2O2/c10-6-8(9(12)13)5-7-1-3-11-4-2-7/h7-8,11H,1-6,10H2,(H,12,13). The molecule has 1 atom stereocenters. The number of carboxylic acids is 1. The van der Waals surface area contributed by atoms with Crippen LogP contribution in [0.5, 0.6) is 0 Å². The summed E-state index contributed by atoms with van der Waals surface area (Å²) in [4.78, 5) is 10.7. The van der Waals surface area contributed by atoms with Crippen LogP contribution in [-0.2, 0) is 4.79 Å². The second kappa shape index (κ2) is 5.19. The van der Waals surface area contributed by atoms with Gasteiger partial charge in [-0.3, -0.25) is 4.79 Å². The van der Waals surface area contributed by atoms with Crippen LogP contribution in [0.15, 0.2) is 0 Å². The Hall–Kier alpha value is -0.610. The molecule has 13 heavy (non-hydrogen) atoms. The van der Waals surface area contributed by atoms with E-state index in [-0.39, 0.29) is 12.5 Å². The highest BCUT2D eigenvalue weighted by Gasteiger charge is 2.22. The van der Waals surface area contributed by atoms with Crippen LogP contribution in [0.3, 0.4) is 0 Å². The van der Waals surface area contributed by atoms with E-state index in [0.717, 1.165) is 32.4 Å². The summed E-state index contributed by atoms with van der Waals surface area (Å²) in [5, 5.41) is 12.1. The molecular formula is C9H18N2O2. The van der Waals surface area contributed by atoms with Gasteiger partial charge in [-0.2, -0.15) is 0 Å². The van der Waals surface area contributed by atoms with E-state index in [1.54, 1.807) is 0 Å². The van der Waals surface area contributed by atoms with Crippen molar-refractivity contribution in [1.82, 2.24) is 5.32 Å². The van der Waals surface area contributed by atoms with E-state index < -0.39 is 5.97 Å². The van der Waals surface area contributed by atoms with E-state index in [2.05, 4.69) is 5.32 Å². The quantitative estimate of drug-likeness (QED) is 0.579. The normalized spacial score (nSPS) is 21.3. The van der Waals surface area contributed by atoms with E-state index >= 15 is 0 Å². The fraction of sp³-hybridized carbons (Fsp3) is 0.889. The summed E-state index contributed by atoms with van der Waals surface area (Å²) in [6, 6.07) is 0. The van der Waals surface area contributed by atoms with E-state index in [1.807, 2.05) is 0 Å².